The quantitative estimate of drug-likeness (QED) is 0.490. The number of aromatic hydroxyl groups is 2. The Kier molecular flexibility index (Phi) is 4.88. The van der Waals surface area contributed by atoms with Crippen molar-refractivity contribution in [2.75, 3.05) is 6.54 Å². The zero-order valence-corrected chi connectivity index (χ0v) is 11.9. The molecule has 0 amide bonds. The predicted octanol–water partition coefficient (Wildman–Crippen LogP) is 1.21. The molecule has 114 valence electrons. The van der Waals surface area contributed by atoms with Crippen LogP contribution < -0.4 is 11.5 Å². The van der Waals surface area contributed by atoms with Crippen molar-refractivity contribution in [1.29, 1.82) is 0 Å². The molecule has 6 nitrogen and oxygen atoms in total. The van der Waals surface area contributed by atoms with Crippen molar-refractivity contribution in [3.8, 4) is 11.5 Å². The van der Waals surface area contributed by atoms with Gasteiger partial charge in [-0.2, -0.15) is 0 Å². The van der Waals surface area contributed by atoms with E-state index in [2.05, 4.69) is 9.98 Å². The number of benzene rings is 2. The molecule has 0 radical (unpaired) electrons. The van der Waals surface area contributed by atoms with Crippen molar-refractivity contribution >= 4 is 12.4 Å². The largest absolute Gasteiger partial charge is 0.507 e. The summed E-state index contributed by atoms with van der Waals surface area (Å²) in [5, 5.41) is 19.2. The molecule has 0 aliphatic carbocycles. The molecule has 0 heterocycles. The van der Waals surface area contributed by atoms with E-state index in [1.54, 1.807) is 48.5 Å². The molecule has 6 heteroatoms. The first-order valence-corrected chi connectivity index (χ1v) is 6.67. The molecule has 0 fully saturated rings. The number of aliphatic imine (C=N–C) groups is 2. The highest BCUT2D eigenvalue weighted by atomic mass is 16.3. The van der Waals surface area contributed by atoms with E-state index < -0.39 is 5.79 Å². The summed E-state index contributed by atoms with van der Waals surface area (Å²) in [6.07, 6.45) is 2.89. The summed E-state index contributed by atoms with van der Waals surface area (Å²) in [5.41, 5.74) is 12.8. The van der Waals surface area contributed by atoms with E-state index in [0.717, 1.165) is 0 Å². The maximum absolute atomic E-state index is 9.63. The minimum atomic E-state index is -1.40. The van der Waals surface area contributed by atoms with Crippen LogP contribution in [-0.2, 0) is 0 Å². The number of nitrogens with two attached hydrogens (primary N) is 2. The maximum atomic E-state index is 9.63. The molecule has 0 atom stereocenters. The molecule has 22 heavy (non-hydrogen) atoms. The summed E-state index contributed by atoms with van der Waals surface area (Å²) in [5.74, 6) is -1.17. The van der Waals surface area contributed by atoms with Gasteiger partial charge in [0.25, 0.3) is 0 Å². The Bertz CT molecular complexity index is 696. The van der Waals surface area contributed by atoms with Gasteiger partial charge >= 0.3 is 0 Å². The number of nitrogens with zero attached hydrogens (tertiary/aromatic N) is 2. The standard InChI is InChI=1S/C16H18N4O2/c17-16(18,20-10-13-6-2-4-8-15(13)22)11-19-9-12-5-1-3-7-14(12)21/h1-10,21-22H,11,17-18H2. The lowest BCUT2D eigenvalue weighted by Crippen LogP contribution is -2.50. The van der Waals surface area contributed by atoms with Gasteiger partial charge in [0, 0.05) is 23.6 Å². The Morgan fingerprint density at radius 3 is 1.91 bits per heavy atom. The van der Waals surface area contributed by atoms with Crippen LogP contribution in [0, 0.1) is 0 Å². The maximum Gasteiger partial charge on any atom is 0.179 e. The second-order valence-electron chi connectivity index (χ2n) is 4.84. The van der Waals surface area contributed by atoms with Crippen LogP contribution in [0.4, 0.5) is 0 Å². The molecule has 6 N–H and O–H groups in total. The van der Waals surface area contributed by atoms with E-state index in [0.29, 0.717) is 11.1 Å². The van der Waals surface area contributed by atoms with Gasteiger partial charge in [-0.1, -0.05) is 24.3 Å². The van der Waals surface area contributed by atoms with Gasteiger partial charge in [-0.3, -0.25) is 21.5 Å². The first kappa shape index (κ1) is 15.7. The van der Waals surface area contributed by atoms with Crippen molar-refractivity contribution in [1.82, 2.24) is 0 Å². The predicted molar refractivity (Wildman–Crippen MR) is 87.4 cm³/mol. The second kappa shape index (κ2) is 6.84. The van der Waals surface area contributed by atoms with Crippen LogP contribution >= 0.6 is 0 Å². The molecule has 2 rings (SSSR count). The molecule has 2 aromatic rings. The van der Waals surface area contributed by atoms with E-state index >= 15 is 0 Å². The molecule has 0 aliphatic rings. The van der Waals surface area contributed by atoms with E-state index in [1.807, 2.05) is 0 Å². The Morgan fingerprint density at radius 2 is 1.36 bits per heavy atom. The normalized spacial score (nSPS) is 12.3. The molecule has 0 saturated heterocycles. The monoisotopic (exact) mass is 298 g/mol. The van der Waals surface area contributed by atoms with Gasteiger partial charge in [-0.25, -0.2) is 0 Å². The SMILES string of the molecule is NC(N)(CN=Cc1ccccc1O)N=Cc1ccccc1O. The highest BCUT2D eigenvalue weighted by Gasteiger charge is 2.15. The zero-order chi connectivity index (χ0) is 16.0. The van der Waals surface area contributed by atoms with Gasteiger partial charge < -0.3 is 10.2 Å². The minimum Gasteiger partial charge on any atom is -0.507 e. The van der Waals surface area contributed by atoms with E-state index in [4.69, 9.17) is 11.5 Å². The van der Waals surface area contributed by atoms with Gasteiger partial charge in [-0.05, 0) is 24.3 Å². The highest BCUT2D eigenvalue weighted by molar-refractivity contribution is 5.84. The topological polar surface area (TPSA) is 117 Å². The van der Waals surface area contributed by atoms with Crippen LogP contribution in [0.2, 0.25) is 0 Å². The fourth-order valence-corrected chi connectivity index (χ4v) is 1.71. The highest BCUT2D eigenvalue weighted by Crippen LogP contribution is 2.14. The van der Waals surface area contributed by atoms with Gasteiger partial charge in [-0.15, -0.1) is 0 Å². The van der Waals surface area contributed by atoms with Crippen molar-refractivity contribution in [3.63, 3.8) is 0 Å². The van der Waals surface area contributed by atoms with Crippen molar-refractivity contribution < 1.29 is 10.2 Å². The molecule has 0 bridgehead atoms. The van der Waals surface area contributed by atoms with Crippen molar-refractivity contribution in [3.05, 3.63) is 59.7 Å². The number of phenolic OH excluding ortho intramolecular Hbond substituents is 2. The van der Waals surface area contributed by atoms with E-state index in [1.165, 1.54) is 12.4 Å². The molecule has 2 aromatic carbocycles. The average molecular weight is 298 g/mol. The van der Waals surface area contributed by atoms with Crippen LogP contribution in [0.25, 0.3) is 0 Å². The summed E-state index contributed by atoms with van der Waals surface area (Å²) in [6, 6.07) is 13.5. The third kappa shape index (κ3) is 4.41. The fraction of sp³-hybridized carbons (Fsp3) is 0.125. The molecular formula is C16H18N4O2. The van der Waals surface area contributed by atoms with Gasteiger partial charge in [0.1, 0.15) is 11.5 Å². The summed E-state index contributed by atoms with van der Waals surface area (Å²) < 4.78 is 0. The Hall–Kier alpha value is -2.70. The third-order valence-electron chi connectivity index (χ3n) is 2.89. The Morgan fingerprint density at radius 1 is 0.864 bits per heavy atom. The van der Waals surface area contributed by atoms with E-state index in [9.17, 15) is 10.2 Å². The molecule has 0 aromatic heterocycles. The number of phenols is 2. The van der Waals surface area contributed by atoms with Crippen molar-refractivity contribution in [2.24, 2.45) is 21.5 Å². The molecule has 0 spiro atoms. The number of para-hydroxylation sites is 2. The van der Waals surface area contributed by atoms with Crippen LogP contribution in [0.1, 0.15) is 11.1 Å². The number of rotatable bonds is 5. The molecule has 0 aliphatic heterocycles. The van der Waals surface area contributed by atoms with Gasteiger partial charge in [0.2, 0.25) is 0 Å². The molecule has 0 unspecified atom stereocenters. The van der Waals surface area contributed by atoms with Crippen LogP contribution in [0.3, 0.4) is 0 Å². The van der Waals surface area contributed by atoms with Crippen LogP contribution in [-0.4, -0.2) is 35.0 Å². The molecular weight excluding hydrogens is 280 g/mol. The lowest BCUT2D eigenvalue weighted by molar-refractivity contribution is 0.470. The summed E-state index contributed by atoms with van der Waals surface area (Å²) >= 11 is 0. The Balaban J connectivity index is 2.02. The van der Waals surface area contributed by atoms with Crippen LogP contribution in [0.5, 0.6) is 11.5 Å². The first-order chi connectivity index (χ1) is 10.5. The number of hydrogen-bond donors (Lipinski definition) is 4. The lowest BCUT2D eigenvalue weighted by Gasteiger charge is -2.16. The fourth-order valence-electron chi connectivity index (χ4n) is 1.71. The summed E-state index contributed by atoms with van der Waals surface area (Å²) in [4.78, 5) is 8.13. The Labute approximate surface area is 128 Å². The third-order valence-corrected chi connectivity index (χ3v) is 2.89. The van der Waals surface area contributed by atoms with Gasteiger partial charge in [0.15, 0.2) is 5.79 Å². The van der Waals surface area contributed by atoms with Crippen molar-refractivity contribution in [2.45, 2.75) is 5.79 Å². The molecule has 0 saturated carbocycles. The first-order valence-electron chi connectivity index (χ1n) is 6.67. The van der Waals surface area contributed by atoms with E-state index in [-0.39, 0.29) is 18.0 Å². The lowest BCUT2D eigenvalue weighted by atomic mass is 10.2. The summed E-state index contributed by atoms with van der Waals surface area (Å²) in [6.45, 7) is 0.0332. The van der Waals surface area contributed by atoms with Crippen LogP contribution in [0.15, 0.2) is 58.5 Å². The second-order valence-corrected chi connectivity index (χ2v) is 4.84. The average Bonchev–Trinajstić information content (AvgIpc) is 2.48. The zero-order valence-electron chi connectivity index (χ0n) is 11.9. The number of hydrogen-bond acceptors (Lipinski definition) is 6. The smallest absolute Gasteiger partial charge is 0.179 e. The minimum absolute atomic E-state index is 0.0332. The van der Waals surface area contributed by atoms with Gasteiger partial charge in [0.05, 0.1) is 6.54 Å². The summed E-state index contributed by atoms with van der Waals surface area (Å²) in [7, 11) is 0.